The molecule has 126 valence electrons. The maximum absolute atomic E-state index is 11.4. The number of rotatable bonds is 6. The van der Waals surface area contributed by atoms with E-state index in [-0.39, 0.29) is 23.0 Å². The molecule has 2 N–H and O–H groups in total. The van der Waals surface area contributed by atoms with E-state index in [4.69, 9.17) is 0 Å². The number of benzene rings is 1. The number of aromatic carboxylic acids is 2. The summed E-state index contributed by atoms with van der Waals surface area (Å²) in [7, 11) is 0. The van der Waals surface area contributed by atoms with Crippen molar-refractivity contribution in [2.45, 2.75) is 39.0 Å². The summed E-state index contributed by atoms with van der Waals surface area (Å²) in [5.41, 5.74) is 2.76. The Hall–Kier alpha value is -2.69. The third-order valence-corrected chi connectivity index (χ3v) is 4.08. The minimum atomic E-state index is -0.984. The largest absolute Gasteiger partial charge is 0.478 e. The molecular weight excluding hydrogens is 306 g/mol. The van der Waals surface area contributed by atoms with Crippen LogP contribution in [0.3, 0.4) is 0 Å². The highest BCUT2D eigenvalue weighted by atomic mass is 16.4. The predicted molar refractivity (Wildman–Crippen MR) is 90.8 cm³/mol. The van der Waals surface area contributed by atoms with Gasteiger partial charge in [-0.3, -0.25) is 4.98 Å². The van der Waals surface area contributed by atoms with Crippen molar-refractivity contribution in [3.63, 3.8) is 0 Å². The zero-order valence-electron chi connectivity index (χ0n) is 14.0. The third-order valence-electron chi connectivity index (χ3n) is 4.08. The fourth-order valence-electron chi connectivity index (χ4n) is 2.83. The second kappa shape index (κ2) is 7.25. The fourth-order valence-corrected chi connectivity index (χ4v) is 2.83. The van der Waals surface area contributed by atoms with Crippen molar-refractivity contribution in [3.05, 3.63) is 64.5 Å². The molecule has 0 fully saturated rings. The van der Waals surface area contributed by atoms with Crippen LogP contribution in [0.4, 0.5) is 0 Å². The zero-order valence-corrected chi connectivity index (χ0v) is 14.0. The average molecular weight is 327 g/mol. The summed E-state index contributed by atoms with van der Waals surface area (Å²) in [6.45, 7) is 5.83. The lowest BCUT2D eigenvalue weighted by molar-refractivity contribution is 0.0684. The van der Waals surface area contributed by atoms with Gasteiger partial charge >= 0.3 is 11.9 Å². The van der Waals surface area contributed by atoms with Crippen LogP contribution >= 0.6 is 0 Å². The SMILES string of the molecule is CC(C)c1cc(CC(C)c2ccccc2C(=O)O)ncc1C(=O)O. The van der Waals surface area contributed by atoms with E-state index in [0.29, 0.717) is 6.42 Å². The van der Waals surface area contributed by atoms with Crippen molar-refractivity contribution < 1.29 is 19.8 Å². The van der Waals surface area contributed by atoms with E-state index in [1.54, 1.807) is 12.1 Å². The molecule has 1 atom stereocenters. The van der Waals surface area contributed by atoms with Gasteiger partial charge < -0.3 is 10.2 Å². The van der Waals surface area contributed by atoms with Gasteiger partial charge in [0, 0.05) is 11.9 Å². The van der Waals surface area contributed by atoms with Crippen LogP contribution in [0.15, 0.2) is 36.5 Å². The smallest absolute Gasteiger partial charge is 0.337 e. The molecule has 2 aromatic rings. The van der Waals surface area contributed by atoms with Gasteiger partial charge in [-0.05, 0) is 41.5 Å². The Morgan fingerprint density at radius 3 is 2.21 bits per heavy atom. The summed E-state index contributed by atoms with van der Waals surface area (Å²) in [6.07, 6.45) is 1.94. The van der Waals surface area contributed by atoms with Crippen LogP contribution in [0.2, 0.25) is 0 Å². The molecule has 0 amide bonds. The molecule has 0 saturated heterocycles. The normalized spacial score (nSPS) is 12.2. The lowest BCUT2D eigenvalue weighted by atomic mass is 9.90. The Bertz CT molecular complexity index is 768. The van der Waals surface area contributed by atoms with E-state index >= 15 is 0 Å². The first kappa shape index (κ1) is 17.7. The Morgan fingerprint density at radius 1 is 1.00 bits per heavy atom. The molecule has 0 radical (unpaired) electrons. The average Bonchev–Trinajstić information content (AvgIpc) is 2.54. The summed E-state index contributed by atoms with van der Waals surface area (Å²) in [6, 6.07) is 8.74. The number of hydrogen-bond donors (Lipinski definition) is 2. The van der Waals surface area contributed by atoms with E-state index in [2.05, 4.69) is 4.98 Å². The van der Waals surface area contributed by atoms with Gasteiger partial charge in [-0.15, -0.1) is 0 Å². The molecule has 1 aromatic carbocycles. The number of carbonyl (C=O) groups is 2. The van der Waals surface area contributed by atoms with Gasteiger partial charge in [0.05, 0.1) is 11.1 Å². The molecule has 5 heteroatoms. The highest BCUT2D eigenvalue weighted by Gasteiger charge is 2.18. The number of hydrogen-bond acceptors (Lipinski definition) is 3. The second-order valence-electron chi connectivity index (χ2n) is 6.22. The topological polar surface area (TPSA) is 87.5 Å². The Morgan fingerprint density at radius 2 is 1.62 bits per heavy atom. The van der Waals surface area contributed by atoms with Crippen LogP contribution in [0.25, 0.3) is 0 Å². The van der Waals surface area contributed by atoms with E-state index in [0.717, 1.165) is 16.8 Å². The van der Waals surface area contributed by atoms with Crippen molar-refractivity contribution in [2.24, 2.45) is 0 Å². The maximum Gasteiger partial charge on any atom is 0.337 e. The minimum Gasteiger partial charge on any atom is -0.478 e. The Labute approximate surface area is 141 Å². The zero-order chi connectivity index (χ0) is 17.9. The molecule has 24 heavy (non-hydrogen) atoms. The summed E-state index contributed by atoms with van der Waals surface area (Å²) in [5.74, 6) is -1.91. The van der Waals surface area contributed by atoms with Crippen molar-refractivity contribution in [3.8, 4) is 0 Å². The van der Waals surface area contributed by atoms with Crippen molar-refractivity contribution in [1.82, 2.24) is 4.98 Å². The van der Waals surface area contributed by atoms with Gasteiger partial charge in [-0.2, -0.15) is 0 Å². The molecule has 0 spiro atoms. The molecule has 1 aromatic heterocycles. The molecule has 1 heterocycles. The monoisotopic (exact) mass is 327 g/mol. The van der Waals surface area contributed by atoms with E-state index in [1.807, 2.05) is 39.0 Å². The summed E-state index contributed by atoms with van der Waals surface area (Å²) in [5, 5.41) is 18.6. The van der Waals surface area contributed by atoms with Crippen molar-refractivity contribution in [2.75, 3.05) is 0 Å². The van der Waals surface area contributed by atoms with E-state index in [9.17, 15) is 19.8 Å². The number of nitrogens with zero attached hydrogens (tertiary/aromatic N) is 1. The van der Waals surface area contributed by atoms with Crippen LogP contribution in [-0.2, 0) is 6.42 Å². The van der Waals surface area contributed by atoms with Gasteiger partial charge in [-0.1, -0.05) is 39.0 Å². The quantitative estimate of drug-likeness (QED) is 0.839. The van der Waals surface area contributed by atoms with Gasteiger partial charge in [0.1, 0.15) is 0 Å². The molecule has 1 unspecified atom stereocenters. The highest BCUT2D eigenvalue weighted by molar-refractivity contribution is 5.90. The van der Waals surface area contributed by atoms with E-state index < -0.39 is 11.9 Å². The summed E-state index contributed by atoms with van der Waals surface area (Å²) in [4.78, 5) is 26.9. The first-order valence-electron chi connectivity index (χ1n) is 7.85. The molecule has 0 aliphatic heterocycles. The Balaban J connectivity index is 2.33. The first-order chi connectivity index (χ1) is 11.3. The van der Waals surface area contributed by atoms with Crippen LogP contribution in [0.5, 0.6) is 0 Å². The lowest BCUT2D eigenvalue weighted by Gasteiger charge is -2.16. The van der Waals surface area contributed by atoms with Gasteiger partial charge in [-0.25, -0.2) is 9.59 Å². The van der Waals surface area contributed by atoms with Crippen molar-refractivity contribution >= 4 is 11.9 Å². The highest BCUT2D eigenvalue weighted by Crippen LogP contribution is 2.26. The number of carboxylic acid groups (broad SMARTS) is 2. The van der Waals surface area contributed by atoms with Crippen LogP contribution < -0.4 is 0 Å². The molecule has 2 rings (SSSR count). The fraction of sp³-hybridized carbons (Fsp3) is 0.316. The third kappa shape index (κ3) is 3.79. The predicted octanol–water partition coefficient (Wildman–Crippen LogP) is 3.95. The van der Waals surface area contributed by atoms with Gasteiger partial charge in [0.2, 0.25) is 0 Å². The molecule has 0 bridgehead atoms. The first-order valence-corrected chi connectivity index (χ1v) is 7.85. The maximum atomic E-state index is 11.4. The Kier molecular flexibility index (Phi) is 5.34. The van der Waals surface area contributed by atoms with Crippen LogP contribution in [0, 0.1) is 0 Å². The van der Waals surface area contributed by atoms with Crippen LogP contribution in [-0.4, -0.2) is 27.1 Å². The van der Waals surface area contributed by atoms with Crippen molar-refractivity contribution in [1.29, 1.82) is 0 Å². The molecule has 0 saturated carbocycles. The molecular formula is C19H21NO4. The van der Waals surface area contributed by atoms with Gasteiger partial charge in [0.25, 0.3) is 0 Å². The molecule has 0 aliphatic carbocycles. The molecule has 0 aliphatic rings. The van der Waals surface area contributed by atoms with Gasteiger partial charge in [0.15, 0.2) is 0 Å². The lowest BCUT2D eigenvalue weighted by Crippen LogP contribution is -2.10. The van der Waals surface area contributed by atoms with E-state index in [1.165, 1.54) is 6.20 Å². The summed E-state index contributed by atoms with van der Waals surface area (Å²) >= 11 is 0. The molecule has 5 nitrogen and oxygen atoms in total. The number of pyridine rings is 1. The minimum absolute atomic E-state index is 0.0412. The van der Waals surface area contributed by atoms with Crippen LogP contribution in [0.1, 0.15) is 70.1 Å². The second-order valence-corrected chi connectivity index (χ2v) is 6.22. The summed E-state index contributed by atoms with van der Waals surface area (Å²) < 4.78 is 0. The number of carboxylic acids is 2. The number of aromatic nitrogens is 1. The standard InChI is InChI=1S/C19H21NO4/c1-11(2)16-9-13(20-10-17(16)19(23)24)8-12(3)14-6-4-5-7-15(14)18(21)22/h4-7,9-12H,8H2,1-3H3,(H,21,22)(H,23,24).